The molecule has 5 heteroatoms. The summed E-state index contributed by atoms with van der Waals surface area (Å²) >= 11 is 5.90. The van der Waals surface area contributed by atoms with Crippen molar-refractivity contribution in [2.45, 2.75) is 18.9 Å². The lowest BCUT2D eigenvalue weighted by molar-refractivity contribution is 0.0957. The van der Waals surface area contributed by atoms with E-state index in [0.29, 0.717) is 16.5 Å². The number of amides is 1. The number of rotatable bonds is 3. The normalized spacial score (nSPS) is 14.8. The van der Waals surface area contributed by atoms with Gasteiger partial charge in [-0.15, -0.1) is 0 Å². The van der Waals surface area contributed by atoms with E-state index < -0.39 is 0 Å². The van der Waals surface area contributed by atoms with Crippen LogP contribution in [-0.2, 0) is 0 Å². The van der Waals surface area contributed by atoms with E-state index in [4.69, 9.17) is 16.3 Å². The molecular weight excluding hydrogens is 216 g/mol. The molecule has 0 unspecified atom stereocenters. The molecule has 1 amide bonds. The highest BCUT2D eigenvalue weighted by Crippen LogP contribution is 2.31. The molecule has 4 nitrogen and oxygen atoms in total. The second-order valence-corrected chi connectivity index (χ2v) is 3.80. The summed E-state index contributed by atoms with van der Waals surface area (Å²) in [6.07, 6.45) is 3.79. The fraction of sp³-hybridized carbons (Fsp3) is 0.400. The zero-order chi connectivity index (χ0) is 10.8. The Balaban J connectivity index is 2.22. The van der Waals surface area contributed by atoms with Crippen molar-refractivity contribution in [1.82, 2.24) is 10.3 Å². The number of hydrogen-bond donors (Lipinski definition) is 1. The number of nitrogens with zero attached hydrogens (tertiary/aromatic N) is 1. The van der Waals surface area contributed by atoms with Crippen molar-refractivity contribution in [3.63, 3.8) is 0 Å². The standard InChI is InChI=1S/C10H11ClN2O2/c1-12-10(14)8-4-9(7(11)5-13-8)15-6-2-3-6/h4-6H,2-3H2,1H3,(H,12,14). The molecule has 0 bridgehead atoms. The van der Waals surface area contributed by atoms with Gasteiger partial charge in [0.15, 0.2) is 0 Å². The van der Waals surface area contributed by atoms with Crippen molar-refractivity contribution < 1.29 is 9.53 Å². The van der Waals surface area contributed by atoms with E-state index in [-0.39, 0.29) is 12.0 Å². The largest absolute Gasteiger partial charge is 0.489 e. The summed E-state index contributed by atoms with van der Waals surface area (Å²) in [5.74, 6) is 0.292. The van der Waals surface area contributed by atoms with Crippen molar-refractivity contribution in [2.75, 3.05) is 7.05 Å². The number of carbonyl (C=O) groups is 1. The molecule has 0 atom stereocenters. The lowest BCUT2D eigenvalue weighted by Gasteiger charge is -2.07. The highest BCUT2D eigenvalue weighted by molar-refractivity contribution is 6.32. The molecule has 1 saturated carbocycles. The van der Waals surface area contributed by atoms with E-state index in [0.717, 1.165) is 12.8 Å². The molecule has 15 heavy (non-hydrogen) atoms. The van der Waals surface area contributed by atoms with Crippen molar-refractivity contribution in [3.8, 4) is 5.75 Å². The van der Waals surface area contributed by atoms with Gasteiger partial charge in [0.1, 0.15) is 16.5 Å². The zero-order valence-corrected chi connectivity index (χ0v) is 9.04. The van der Waals surface area contributed by atoms with Gasteiger partial charge in [-0.05, 0) is 12.8 Å². The molecule has 1 N–H and O–H groups in total. The van der Waals surface area contributed by atoms with Gasteiger partial charge in [0.05, 0.1) is 12.3 Å². The highest BCUT2D eigenvalue weighted by atomic mass is 35.5. The van der Waals surface area contributed by atoms with Crippen LogP contribution in [0.5, 0.6) is 5.75 Å². The number of nitrogens with one attached hydrogen (secondary N) is 1. The Kier molecular flexibility index (Phi) is 2.77. The lowest BCUT2D eigenvalue weighted by atomic mass is 10.3. The Morgan fingerprint density at radius 2 is 2.40 bits per heavy atom. The van der Waals surface area contributed by atoms with E-state index in [9.17, 15) is 4.79 Å². The summed E-state index contributed by atoms with van der Waals surface area (Å²) in [6, 6.07) is 1.57. The van der Waals surface area contributed by atoms with Gasteiger partial charge in [0.25, 0.3) is 5.91 Å². The second kappa shape index (κ2) is 4.06. The molecule has 0 radical (unpaired) electrons. The number of aromatic nitrogens is 1. The Hall–Kier alpha value is -1.29. The van der Waals surface area contributed by atoms with Crippen LogP contribution in [0, 0.1) is 0 Å². The third kappa shape index (κ3) is 2.39. The van der Waals surface area contributed by atoms with Gasteiger partial charge in [0, 0.05) is 13.1 Å². The van der Waals surface area contributed by atoms with Gasteiger partial charge in [-0.1, -0.05) is 11.6 Å². The zero-order valence-electron chi connectivity index (χ0n) is 8.29. The summed E-state index contributed by atoms with van der Waals surface area (Å²) in [6.45, 7) is 0. The quantitative estimate of drug-likeness (QED) is 0.853. The molecule has 2 rings (SSSR count). The predicted octanol–water partition coefficient (Wildman–Crippen LogP) is 1.64. The maximum Gasteiger partial charge on any atom is 0.269 e. The van der Waals surface area contributed by atoms with Gasteiger partial charge in [-0.2, -0.15) is 0 Å². The fourth-order valence-corrected chi connectivity index (χ4v) is 1.28. The van der Waals surface area contributed by atoms with Crippen LogP contribution in [0.15, 0.2) is 12.3 Å². The minimum absolute atomic E-state index is 0.243. The first kappa shape index (κ1) is 10.2. The predicted molar refractivity (Wildman–Crippen MR) is 56.3 cm³/mol. The summed E-state index contributed by atoms with van der Waals surface area (Å²) in [7, 11) is 1.56. The molecular formula is C10H11ClN2O2. The Morgan fingerprint density at radius 1 is 1.67 bits per heavy atom. The molecule has 0 spiro atoms. The van der Waals surface area contributed by atoms with Gasteiger partial charge in [0.2, 0.25) is 0 Å². The Labute approximate surface area is 92.6 Å². The molecule has 1 fully saturated rings. The van der Waals surface area contributed by atoms with E-state index in [1.54, 1.807) is 13.1 Å². The summed E-state index contributed by atoms with van der Waals surface area (Å²) in [5.41, 5.74) is 0.317. The number of carbonyl (C=O) groups excluding carboxylic acids is 1. The number of hydrogen-bond acceptors (Lipinski definition) is 3. The minimum Gasteiger partial charge on any atom is -0.489 e. The van der Waals surface area contributed by atoms with Crippen LogP contribution in [0.25, 0.3) is 0 Å². The van der Waals surface area contributed by atoms with Gasteiger partial charge < -0.3 is 10.1 Å². The topological polar surface area (TPSA) is 51.2 Å². The first-order valence-corrected chi connectivity index (χ1v) is 5.13. The number of ether oxygens (including phenoxy) is 1. The highest BCUT2D eigenvalue weighted by Gasteiger charge is 2.25. The summed E-state index contributed by atoms with van der Waals surface area (Å²) in [5, 5.41) is 2.94. The average Bonchev–Trinajstić information content (AvgIpc) is 3.04. The molecule has 1 heterocycles. The maximum absolute atomic E-state index is 11.3. The smallest absolute Gasteiger partial charge is 0.269 e. The van der Waals surface area contributed by atoms with Crippen molar-refractivity contribution in [1.29, 1.82) is 0 Å². The van der Waals surface area contributed by atoms with Crippen LogP contribution in [0.2, 0.25) is 5.02 Å². The van der Waals surface area contributed by atoms with Crippen molar-refractivity contribution in [3.05, 3.63) is 23.0 Å². The second-order valence-electron chi connectivity index (χ2n) is 3.40. The molecule has 1 aromatic rings. The molecule has 0 aliphatic heterocycles. The lowest BCUT2D eigenvalue weighted by Crippen LogP contribution is -2.19. The van der Waals surface area contributed by atoms with Crippen LogP contribution < -0.4 is 10.1 Å². The van der Waals surface area contributed by atoms with E-state index in [1.165, 1.54) is 6.20 Å². The van der Waals surface area contributed by atoms with Gasteiger partial charge in [-0.25, -0.2) is 4.98 Å². The molecule has 0 saturated heterocycles. The monoisotopic (exact) mass is 226 g/mol. The Bertz CT molecular complexity index is 391. The first-order valence-electron chi connectivity index (χ1n) is 4.75. The maximum atomic E-state index is 11.3. The average molecular weight is 227 g/mol. The molecule has 1 aliphatic rings. The third-order valence-corrected chi connectivity index (χ3v) is 2.38. The van der Waals surface area contributed by atoms with E-state index >= 15 is 0 Å². The van der Waals surface area contributed by atoms with Crippen LogP contribution in [0.3, 0.4) is 0 Å². The summed E-state index contributed by atoms with van der Waals surface area (Å²) in [4.78, 5) is 15.2. The number of pyridine rings is 1. The van der Waals surface area contributed by atoms with E-state index in [2.05, 4.69) is 10.3 Å². The first-order chi connectivity index (χ1) is 7.20. The van der Waals surface area contributed by atoms with Crippen molar-refractivity contribution >= 4 is 17.5 Å². The molecule has 1 aliphatic carbocycles. The van der Waals surface area contributed by atoms with Gasteiger partial charge >= 0.3 is 0 Å². The van der Waals surface area contributed by atoms with E-state index in [1.807, 2.05) is 0 Å². The molecule has 80 valence electrons. The number of halogens is 1. The third-order valence-electron chi connectivity index (χ3n) is 2.10. The Morgan fingerprint density at radius 3 is 3.00 bits per heavy atom. The van der Waals surface area contributed by atoms with Crippen LogP contribution >= 0.6 is 11.6 Å². The molecule has 1 aromatic heterocycles. The van der Waals surface area contributed by atoms with Gasteiger partial charge in [-0.3, -0.25) is 4.79 Å². The van der Waals surface area contributed by atoms with Crippen LogP contribution in [0.4, 0.5) is 0 Å². The van der Waals surface area contributed by atoms with Crippen LogP contribution in [-0.4, -0.2) is 24.0 Å². The summed E-state index contributed by atoms with van der Waals surface area (Å²) < 4.78 is 5.54. The van der Waals surface area contributed by atoms with Crippen molar-refractivity contribution in [2.24, 2.45) is 0 Å². The fourth-order valence-electron chi connectivity index (χ4n) is 1.13. The minimum atomic E-state index is -0.243. The van der Waals surface area contributed by atoms with Crippen LogP contribution in [0.1, 0.15) is 23.3 Å². The molecule has 0 aromatic carbocycles. The SMILES string of the molecule is CNC(=O)c1cc(OC2CC2)c(Cl)cn1.